The lowest BCUT2D eigenvalue weighted by Crippen LogP contribution is -2.06. The maximum absolute atomic E-state index is 4.55. The highest BCUT2D eigenvalue weighted by atomic mass is 32.1. The molecule has 3 rings (SSSR count). The molecule has 0 saturated heterocycles. The minimum atomic E-state index is 0.255. The highest BCUT2D eigenvalue weighted by Crippen LogP contribution is 2.28. The van der Waals surface area contributed by atoms with Crippen molar-refractivity contribution in [1.29, 1.82) is 0 Å². The van der Waals surface area contributed by atoms with E-state index in [4.69, 9.17) is 0 Å². The molecule has 1 aromatic carbocycles. The number of benzene rings is 1. The summed E-state index contributed by atoms with van der Waals surface area (Å²) >= 11 is 3.38. The Balaban J connectivity index is 1.82. The number of aromatic nitrogens is 2. The Bertz CT molecular complexity index is 745. The highest BCUT2D eigenvalue weighted by Gasteiger charge is 2.11. The largest absolute Gasteiger partial charge is 0.378 e. The van der Waals surface area contributed by atoms with Crippen molar-refractivity contribution in [3.8, 4) is 11.3 Å². The minimum Gasteiger partial charge on any atom is -0.378 e. The molecule has 108 valence electrons. The third-order valence-electron chi connectivity index (χ3n) is 3.34. The van der Waals surface area contributed by atoms with Crippen molar-refractivity contribution >= 4 is 28.4 Å². The molecule has 0 fully saturated rings. The van der Waals surface area contributed by atoms with E-state index >= 15 is 0 Å². The van der Waals surface area contributed by atoms with Gasteiger partial charge in [0.2, 0.25) is 0 Å². The Kier molecular flexibility index (Phi) is 4.03. The van der Waals surface area contributed by atoms with Crippen LogP contribution in [0.15, 0.2) is 35.2 Å². The van der Waals surface area contributed by atoms with Gasteiger partial charge in [-0.1, -0.05) is 12.1 Å². The van der Waals surface area contributed by atoms with E-state index in [0.717, 1.165) is 27.6 Å². The van der Waals surface area contributed by atoms with Crippen molar-refractivity contribution in [3.63, 3.8) is 0 Å². The van der Waals surface area contributed by atoms with E-state index < -0.39 is 0 Å². The Hall–Kier alpha value is -1.72. The Morgan fingerprint density at radius 1 is 1.19 bits per heavy atom. The molecule has 0 aliphatic carbocycles. The van der Waals surface area contributed by atoms with Crippen molar-refractivity contribution in [1.82, 2.24) is 9.97 Å². The monoisotopic (exact) mass is 315 g/mol. The second-order valence-corrected chi connectivity index (χ2v) is 6.95. The third kappa shape index (κ3) is 3.14. The molecule has 2 aromatic heterocycles. The van der Waals surface area contributed by atoms with E-state index in [1.165, 1.54) is 4.88 Å². The molecule has 1 N–H and O–H groups in total. The lowest BCUT2D eigenvalue weighted by molar-refractivity contribution is 0.890. The van der Waals surface area contributed by atoms with Crippen LogP contribution in [0.5, 0.6) is 0 Å². The van der Waals surface area contributed by atoms with E-state index in [1.54, 1.807) is 22.7 Å². The van der Waals surface area contributed by atoms with Gasteiger partial charge in [-0.15, -0.1) is 22.7 Å². The van der Waals surface area contributed by atoms with Crippen molar-refractivity contribution in [2.24, 2.45) is 0 Å². The third-order valence-corrected chi connectivity index (χ3v) is 5.22. The van der Waals surface area contributed by atoms with Gasteiger partial charge in [-0.05, 0) is 32.9 Å². The van der Waals surface area contributed by atoms with Crippen molar-refractivity contribution in [3.05, 3.63) is 50.7 Å². The van der Waals surface area contributed by atoms with Gasteiger partial charge in [-0.2, -0.15) is 0 Å². The van der Waals surface area contributed by atoms with Crippen LogP contribution in [0.25, 0.3) is 11.3 Å². The second kappa shape index (κ2) is 5.95. The SMILES string of the molecule is Cc1nc(-c2cccc(NC(C)c3scnc3C)c2)cs1. The average Bonchev–Trinajstić information content (AvgIpc) is 3.08. The molecule has 0 aliphatic heterocycles. The molecule has 5 heteroatoms. The summed E-state index contributed by atoms with van der Waals surface area (Å²) in [6, 6.07) is 8.67. The first-order valence-electron chi connectivity index (χ1n) is 6.82. The van der Waals surface area contributed by atoms with Gasteiger partial charge in [0.15, 0.2) is 0 Å². The molecule has 1 unspecified atom stereocenters. The average molecular weight is 315 g/mol. The summed E-state index contributed by atoms with van der Waals surface area (Å²) in [5.41, 5.74) is 6.31. The molecule has 0 spiro atoms. The molecule has 21 heavy (non-hydrogen) atoms. The quantitative estimate of drug-likeness (QED) is 0.731. The molecule has 3 nitrogen and oxygen atoms in total. The number of aryl methyl sites for hydroxylation is 2. The van der Waals surface area contributed by atoms with Crippen LogP contribution in [0.1, 0.15) is 28.5 Å². The van der Waals surface area contributed by atoms with E-state index in [2.05, 4.69) is 58.8 Å². The topological polar surface area (TPSA) is 37.8 Å². The van der Waals surface area contributed by atoms with E-state index in [9.17, 15) is 0 Å². The van der Waals surface area contributed by atoms with Gasteiger partial charge < -0.3 is 5.32 Å². The number of thiazole rings is 2. The number of nitrogens with one attached hydrogen (secondary N) is 1. The van der Waals surface area contributed by atoms with Crippen LogP contribution in [0.3, 0.4) is 0 Å². The van der Waals surface area contributed by atoms with Crippen LogP contribution in [-0.4, -0.2) is 9.97 Å². The first-order valence-corrected chi connectivity index (χ1v) is 8.58. The van der Waals surface area contributed by atoms with Gasteiger partial charge in [-0.25, -0.2) is 9.97 Å². The molecule has 0 radical (unpaired) electrons. The lowest BCUT2D eigenvalue weighted by Gasteiger charge is -2.15. The molecule has 2 heterocycles. The van der Waals surface area contributed by atoms with Gasteiger partial charge in [0, 0.05) is 21.5 Å². The van der Waals surface area contributed by atoms with Crippen LogP contribution in [0.4, 0.5) is 5.69 Å². The van der Waals surface area contributed by atoms with E-state index in [1.807, 2.05) is 12.4 Å². The fourth-order valence-corrected chi connectivity index (χ4v) is 3.74. The number of nitrogens with zero attached hydrogens (tertiary/aromatic N) is 2. The number of hydrogen-bond acceptors (Lipinski definition) is 5. The van der Waals surface area contributed by atoms with Crippen LogP contribution in [-0.2, 0) is 0 Å². The maximum atomic E-state index is 4.55. The zero-order chi connectivity index (χ0) is 14.8. The standard InChI is InChI=1S/C16H17N3S2/c1-10-16(21-9-17-10)11(2)18-14-6-4-5-13(7-14)15-8-20-12(3)19-15/h4-9,11,18H,1-3H3. The fraction of sp³-hybridized carbons (Fsp3) is 0.250. The van der Waals surface area contributed by atoms with Gasteiger partial charge in [0.05, 0.1) is 27.9 Å². The summed E-state index contributed by atoms with van der Waals surface area (Å²) < 4.78 is 0. The second-order valence-electron chi connectivity index (χ2n) is 5.00. The predicted molar refractivity (Wildman–Crippen MR) is 91.2 cm³/mol. The predicted octanol–water partition coefficient (Wildman–Crippen LogP) is 5.06. The first kappa shape index (κ1) is 14.2. The normalized spacial score (nSPS) is 12.3. The summed E-state index contributed by atoms with van der Waals surface area (Å²) in [7, 11) is 0. The van der Waals surface area contributed by atoms with Crippen LogP contribution in [0, 0.1) is 13.8 Å². The Morgan fingerprint density at radius 2 is 2.05 bits per heavy atom. The highest BCUT2D eigenvalue weighted by molar-refractivity contribution is 7.10. The summed E-state index contributed by atoms with van der Waals surface area (Å²) in [5, 5.41) is 6.74. The van der Waals surface area contributed by atoms with Crippen LogP contribution >= 0.6 is 22.7 Å². The number of rotatable bonds is 4. The molecule has 1 atom stereocenters. The van der Waals surface area contributed by atoms with Gasteiger partial charge in [-0.3, -0.25) is 0 Å². The smallest absolute Gasteiger partial charge is 0.0901 e. The van der Waals surface area contributed by atoms with E-state index in [-0.39, 0.29) is 6.04 Å². The van der Waals surface area contributed by atoms with Gasteiger partial charge in [0.25, 0.3) is 0 Å². The van der Waals surface area contributed by atoms with E-state index in [0.29, 0.717) is 0 Å². The summed E-state index contributed by atoms with van der Waals surface area (Å²) in [6.45, 7) is 6.25. The zero-order valence-corrected chi connectivity index (χ0v) is 13.9. The summed E-state index contributed by atoms with van der Waals surface area (Å²) in [5.74, 6) is 0. The molecule has 0 saturated carbocycles. The molecule has 0 amide bonds. The minimum absolute atomic E-state index is 0.255. The Labute approximate surface area is 132 Å². The molecular formula is C16H17N3S2. The van der Waals surface area contributed by atoms with Gasteiger partial charge in [0.1, 0.15) is 0 Å². The number of hydrogen-bond donors (Lipinski definition) is 1. The molecule has 0 bridgehead atoms. The maximum Gasteiger partial charge on any atom is 0.0901 e. The summed E-state index contributed by atoms with van der Waals surface area (Å²) in [6.07, 6.45) is 0. The molecular weight excluding hydrogens is 298 g/mol. The van der Waals surface area contributed by atoms with Crippen LogP contribution in [0.2, 0.25) is 0 Å². The fourth-order valence-electron chi connectivity index (χ4n) is 2.31. The number of anilines is 1. The van der Waals surface area contributed by atoms with Crippen molar-refractivity contribution in [2.45, 2.75) is 26.8 Å². The zero-order valence-electron chi connectivity index (χ0n) is 12.3. The lowest BCUT2D eigenvalue weighted by atomic mass is 10.1. The first-order chi connectivity index (χ1) is 10.1. The van der Waals surface area contributed by atoms with Crippen molar-refractivity contribution < 1.29 is 0 Å². The van der Waals surface area contributed by atoms with Crippen molar-refractivity contribution in [2.75, 3.05) is 5.32 Å². The van der Waals surface area contributed by atoms with Gasteiger partial charge >= 0.3 is 0 Å². The van der Waals surface area contributed by atoms with Crippen LogP contribution < -0.4 is 5.32 Å². The summed E-state index contributed by atoms with van der Waals surface area (Å²) in [4.78, 5) is 10.1. The molecule has 3 aromatic rings. The molecule has 0 aliphatic rings. The Morgan fingerprint density at radius 3 is 2.71 bits per heavy atom.